The average Bonchev–Trinajstić information content (AvgIpc) is 2.52. The van der Waals surface area contributed by atoms with E-state index in [4.69, 9.17) is 4.74 Å². The maximum absolute atomic E-state index is 12.1. The lowest BCUT2D eigenvalue weighted by Crippen LogP contribution is -2.39. The van der Waals surface area contributed by atoms with Gasteiger partial charge < -0.3 is 20.3 Å². The van der Waals surface area contributed by atoms with Gasteiger partial charge in [0.15, 0.2) is 0 Å². The zero-order valence-corrected chi connectivity index (χ0v) is 17.3. The van der Waals surface area contributed by atoms with Crippen molar-refractivity contribution in [2.45, 2.75) is 18.9 Å². The Labute approximate surface area is 167 Å². The summed E-state index contributed by atoms with van der Waals surface area (Å²) in [6.07, 6.45) is 1.50. The molecule has 1 saturated heterocycles. The number of anilines is 1. The van der Waals surface area contributed by atoms with Crippen molar-refractivity contribution in [3.8, 4) is 5.75 Å². The molecule has 0 bridgehead atoms. The van der Waals surface area contributed by atoms with Gasteiger partial charge in [0.05, 0.1) is 6.61 Å². The Morgan fingerprint density at radius 2 is 2.20 bits per heavy atom. The molecule has 1 aromatic carbocycles. The fourth-order valence-electron chi connectivity index (χ4n) is 2.42. The molecule has 0 aromatic heterocycles. The van der Waals surface area contributed by atoms with Crippen LogP contribution >= 0.6 is 36.6 Å². The van der Waals surface area contributed by atoms with Crippen molar-refractivity contribution in [1.29, 1.82) is 0 Å². The molecule has 0 aliphatic carbocycles. The highest BCUT2D eigenvalue weighted by molar-refractivity contribution is 7.99. The van der Waals surface area contributed by atoms with Crippen LogP contribution in [-0.2, 0) is 4.79 Å². The molecule has 25 heavy (non-hydrogen) atoms. The van der Waals surface area contributed by atoms with Crippen LogP contribution in [0, 0.1) is 0 Å². The Kier molecular flexibility index (Phi) is 13.2. The summed E-state index contributed by atoms with van der Waals surface area (Å²) in [5.41, 5.74) is 0.795. The normalized spacial score (nSPS) is 16.5. The number of hydrogen-bond donors (Lipinski definition) is 2. The molecule has 1 unspecified atom stereocenters. The van der Waals surface area contributed by atoms with E-state index in [-0.39, 0.29) is 36.8 Å². The summed E-state index contributed by atoms with van der Waals surface area (Å²) >= 11 is 1.90. The lowest BCUT2D eigenvalue weighted by molar-refractivity contribution is -0.116. The van der Waals surface area contributed by atoms with Gasteiger partial charge in [-0.15, -0.1) is 24.8 Å². The Balaban J connectivity index is 0.00000288. The van der Waals surface area contributed by atoms with Gasteiger partial charge in [-0.3, -0.25) is 4.79 Å². The molecule has 1 heterocycles. The van der Waals surface area contributed by atoms with Gasteiger partial charge in [0.25, 0.3) is 0 Å². The molecule has 144 valence electrons. The van der Waals surface area contributed by atoms with E-state index < -0.39 is 0 Å². The topological polar surface area (TPSA) is 53.6 Å². The Morgan fingerprint density at radius 3 is 2.88 bits per heavy atom. The van der Waals surface area contributed by atoms with Crippen LogP contribution in [0.5, 0.6) is 5.75 Å². The molecule has 0 spiro atoms. The molecule has 1 aliphatic heterocycles. The molecular formula is C17H29Cl2N3O2S. The number of rotatable bonds is 8. The number of carbonyl (C=O) groups excluding carboxylic acids is 1. The Hall–Kier alpha value is -0.660. The van der Waals surface area contributed by atoms with Crippen molar-refractivity contribution in [3.63, 3.8) is 0 Å². The molecule has 1 amide bonds. The lowest BCUT2D eigenvalue weighted by Gasteiger charge is -2.22. The maximum Gasteiger partial charge on any atom is 0.225 e. The van der Waals surface area contributed by atoms with Gasteiger partial charge in [-0.25, -0.2) is 0 Å². The second-order valence-electron chi connectivity index (χ2n) is 6.01. The predicted molar refractivity (Wildman–Crippen MR) is 112 cm³/mol. The van der Waals surface area contributed by atoms with Gasteiger partial charge in [0, 0.05) is 48.8 Å². The minimum atomic E-state index is 0. The molecule has 2 N–H and O–H groups in total. The smallest absolute Gasteiger partial charge is 0.225 e. The number of thioether (sulfide) groups is 1. The third kappa shape index (κ3) is 10.2. The van der Waals surface area contributed by atoms with Crippen molar-refractivity contribution in [2.75, 3.05) is 50.6 Å². The first kappa shape index (κ1) is 24.3. The SMILES string of the molecule is CN(C)CCCOc1cccc(NC(=O)CC2CSCCN2)c1.Cl.Cl. The average molecular weight is 410 g/mol. The van der Waals surface area contributed by atoms with E-state index in [2.05, 4.69) is 29.6 Å². The first-order chi connectivity index (χ1) is 11.1. The highest BCUT2D eigenvalue weighted by atomic mass is 35.5. The Morgan fingerprint density at radius 1 is 1.40 bits per heavy atom. The number of hydrogen-bond acceptors (Lipinski definition) is 5. The van der Waals surface area contributed by atoms with Crippen molar-refractivity contribution in [3.05, 3.63) is 24.3 Å². The summed E-state index contributed by atoms with van der Waals surface area (Å²) in [7, 11) is 4.10. The number of halogens is 2. The monoisotopic (exact) mass is 409 g/mol. The summed E-state index contributed by atoms with van der Waals surface area (Å²) in [6.45, 7) is 2.67. The van der Waals surface area contributed by atoms with Crippen LogP contribution in [0.2, 0.25) is 0 Å². The number of ether oxygens (including phenoxy) is 1. The first-order valence-corrected chi connectivity index (χ1v) is 9.27. The number of nitrogens with zero attached hydrogens (tertiary/aromatic N) is 1. The zero-order chi connectivity index (χ0) is 16.5. The quantitative estimate of drug-likeness (QED) is 0.646. The van der Waals surface area contributed by atoms with Crippen LogP contribution in [0.25, 0.3) is 0 Å². The van der Waals surface area contributed by atoms with Gasteiger partial charge in [-0.1, -0.05) is 6.07 Å². The lowest BCUT2D eigenvalue weighted by atomic mass is 10.2. The second kappa shape index (κ2) is 13.5. The largest absolute Gasteiger partial charge is 0.493 e. The first-order valence-electron chi connectivity index (χ1n) is 8.12. The fourth-order valence-corrected chi connectivity index (χ4v) is 3.37. The van der Waals surface area contributed by atoms with Crippen LogP contribution < -0.4 is 15.4 Å². The predicted octanol–water partition coefficient (Wildman–Crippen LogP) is 2.89. The van der Waals surface area contributed by atoms with E-state index in [1.165, 1.54) is 0 Å². The number of amides is 1. The minimum absolute atomic E-state index is 0. The summed E-state index contributed by atoms with van der Waals surface area (Å²) in [6, 6.07) is 7.89. The third-order valence-corrected chi connectivity index (χ3v) is 4.70. The molecule has 8 heteroatoms. The van der Waals surface area contributed by atoms with Gasteiger partial charge in [0.2, 0.25) is 5.91 Å². The maximum atomic E-state index is 12.1. The van der Waals surface area contributed by atoms with Crippen LogP contribution in [0.3, 0.4) is 0 Å². The van der Waals surface area contributed by atoms with Crippen molar-refractivity contribution in [2.24, 2.45) is 0 Å². The summed E-state index contributed by atoms with van der Waals surface area (Å²) in [4.78, 5) is 14.3. The molecule has 1 fully saturated rings. The molecule has 1 aromatic rings. The van der Waals surface area contributed by atoms with E-state index in [9.17, 15) is 4.79 Å². The molecule has 5 nitrogen and oxygen atoms in total. The summed E-state index contributed by atoms with van der Waals surface area (Å²) < 4.78 is 5.73. The van der Waals surface area contributed by atoms with Crippen LogP contribution in [0.1, 0.15) is 12.8 Å². The van der Waals surface area contributed by atoms with Crippen molar-refractivity contribution in [1.82, 2.24) is 10.2 Å². The number of carbonyl (C=O) groups is 1. The zero-order valence-electron chi connectivity index (χ0n) is 14.8. The van der Waals surface area contributed by atoms with Gasteiger partial charge in [-0.05, 0) is 32.6 Å². The highest BCUT2D eigenvalue weighted by Crippen LogP contribution is 2.18. The number of nitrogens with one attached hydrogen (secondary N) is 2. The molecule has 1 atom stereocenters. The molecular weight excluding hydrogens is 381 g/mol. The van der Waals surface area contributed by atoms with Gasteiger partial charge in [-0.2, -0.15) is 11.8 Å². The molecule has 0 radical (unpaired) electrons. The van der Waals surface area contributed by atoms with Crippen LogP contribution in [-0.4, -0.2) is 62.1 Å². The molecule has 2 rings (SSSR count). The fraction of sp³-hybridized carbons (Fsp3) is 0.588. The summed E-state index contributed by atoms with van der Waals surface area (Å²) in [5.74, 6) is 2.98. The van der Waals surface area contributed by atoms with E-state index in [1.807, 2.05) is 36.0 Å². The molecule has 0 saturated carbocycles. The second-order valence-corrected chi connectivity index (χ2v) is 7.16. The van der Waals surface area contributed by atoms with Crippen LogP contribution in [0.4, 0.5) is 5.69 Å². The molecule has 1 aliphatic rings. The minimum Gasteiger partial charge on any atom is -0.493 e. The van der Waals surface area contributed by atoms with E-state index in [0.717, 1.165) is 42.5 Å². The van der Waals surface area contributed by atoms with Crippen molar-refractivity contribution >= 4 is 48.2 Å². The third-order valence-electron chi connectivity index (χ3n) is 3.57. The van der Waals surface area contributed by atoms with Crippen LogP contribution in [0.15, 0.2) is 24.3 Å². The van der Waals surface area contributed by atoms with Gasteiger partial charge in [0.1, 0.15) is 5.75 Å². The Bertz CT molecular complexity index is 501. The van der Waals surface area contributed by atoms with Crippen molar-refractivity contribution < 1.29 is 9.53 Å². The van der Waals surface area contributed by atoms with E-state index in [0.29, 0.717) is 13.0 Å². The number of benzene rings is 1. The summed E-state index contributed by atoms with van der Waals surface area (Å²) in [5, 5.41) is 6.34. The standard InChI is InChI=1S/C17H27N3O2S.2ClH/c1-20(2)8-4-9-22-16-6-3-5-14(11-16)19-17(21)12-15-13-23-10-7-18-15;;/h3,5-6,11,15,18H,4,7-10,12-13H2,1-2H3,(H,19,21);2*1H. The van der Waals surface area contributed by atoms with Gasteiger partial charge >= 0.3 is 0 Å². The van der Waals surface area contributed by atoms with E-state index >= 15 is 0 Å². The highest BCUT2D eigenvalue weighted by Gasteiger charge is 2.16. The van der Waals surface area contributed by atoms with E-state index in [1.54, 1.807) is 0 Å².